The molecule has 1 atom stereocenters. The number of amides is 1. The molecule has 0 fully saturated rings. The van der Waals surface area contributed by atoms with Gasteiger partial charge in [0.25, 0.3) is 5.91 Å². The first kappa shape index (κ1) is 20.6. The second-order valence-corrected chi connectivity index (χ2v) is 8.03. The van der Waals surface area contributed by atoms with Crippen LogP contribution < -0.4 is 0 Å². The van der Waals surface area contributed by atoms with Gasteiger partial charge in [-0.2, -0.15) is 22.5 Å². The number of hydrogen-bond donors (Lipinski definition) is 0. The van der Waals surface area contributed by atoms with Gasteiger partial charge in [-0.25, -0.2) is 13.0 Å². The third-order valence-corrected chi connectivity index (χ3v) is 5.30. The Hall–Kier alpha value is -3.15. The van der Waals surface area contributed by atoms with E-state index in [-0.39, 0.29) is 16.3 Å². The minimum atomic E-state index is -4.79. The van der Waals surface area contributed by atoms with Crippen molar-refractivity contribution < 1.29 is 35.5 Å². The van der Waals surface area contributed by atoms with Crippen molar-refractivity contribution in [3.05, 3.63) is 65.6 Å². The molecule has 0 bridgehead atoms. The van der Waals surface area contributed by atoms with Crippen molar-refractivity contribution in [2.75, 3.05) is 6.26 Å². The number of halogens is 5. The summed E-state index contributed by atoms with van der Waals surface area (Å²) >= 11 is 0. The van der Waals surface area contributed by atoms with E-state index in [0.29, 0.717) is 6.07 Å². The van der Waals surface area contributed by atoms with E-state index < -0.39 is 44.9 Å². The van der Waals surface area contributed by atoms with Crippen LogP contribution in [0.1, 0.15) is 16.2 Å². The van der Waals surface area contributed by atoms with Crippen LogP contribution in [-0.2, 0) is 15.9 Å². The van der Waals surface area contributed by atoms with Gasteiger partial charge in [-0.05, 0) is 36.4 Å². The fourth-order valence-electron chi connectivity index (χ4n) is 2.24. The molecule has 6 nitrogen and oxygen atoms in total. The van der Waals surface area contributed by atoms with Gasteiger partial charge >= 0.3 is 12.1 Å². The fraction of sp³-hybridized carbons (Fsp3) is 0.118. The van der Waals surface area contributed by atoms with E-state index in [4.69, 9.17) is 0 Å². The van der Waals surface area contributed by atoms with E-state index in [9.17, 15) is 31.0 Å². The van der Waals surface area contributed by atoms with E-state index in [1.807, 2.05) is 0 Å². The molecular weight excluding hydrogens is 421 g/mol. The molecule has 0 saturated heterocycles. The summed E-state index contributed by atoms with van der Waals surface area (Å²) in [4.78, 5) is 15.4. The number of nitrogens with zero attached hydrogens (tertiary/aromatic N) is 3. The van der Waals surface area contributed by atoms with Gasteiger partial charge in [0, 0.05) is 22.8 Å². The minimum Gasteiger partial charge on any atom is -0.329 e. The van der Waals surface area contributed by atoms with Crippen molar-refractivity contribution in [2.24, 2.45) is 4.36 Å². The van der Waals surface area contributed by atoms with E-state index >= 15 is 0 Å². The Morgan fingerprint density at radius 2 is 1.76 bits per heavy atom. The number of aromatic nitrogens is 2. The van der Waals surface area contributed by atoms with Crippen molar-refractivity contribution >= 4 is 15.6 Å². The van der Waals surface area contributed by atoms with Crippen LogP contribution in [0.3, 0.4) is 0 Å². The van der Waals surface area contributed by atoms with Crippen molar-refractivity contribution in [3.63, 3.8) is 0 Å². The van der Waals surface area contributed by atoms with Gasteiger partial charge in [-0.3, -0.25) is 4.79 Å². The Labute approximate surface area is 160 Å². The molecule has 3 aromatic rings. The average molecular weight is 431 g/mol. The zero-order valence-corrected chi connectivity index (χ0v) is 15.2. The SMILES string of the molecule is CS(=O)(=NC(=O)c1ccc(F)cc1F)c1ccc(-c2noc(C(F)(F)F)n2)cc1. The highest BCUT2D eigenvalue weighted by Crippen LogP contribution is 2.29. The molecule has 152 valence electrons. The molecule has 0 spiro atoms. The molecule has 0 saturated carbocycles. The second kappa shape index (κ2) is 7.35. The van der Waals surface area contributed by atoms with Crippen molar-refractivity contribution in [1.29, 1.82) is 0 Å². The number of benzene rings is 2. The molecule has 2 aromatic carbocycles. The van der Waals surface area contributed by atoms with Crippen molar-refractivity contribution in [2.45, 2.75) is 11.1 Å². The van der Waals surface area contributed by atoms with Crippen LogP contribution in [0.25, 0.3) is 11.4 Å². The molecule has 0 aliphatic heterocycles. The van der Waals surface area contributed by atoms with E-state index in [1.165, 1.54) is 24.3 Å². The third-order valence-electron chi connectivity index (χ3n) is 3.64. The molecule has 3 rings (SSSR count). The molecule has 0 aliphatic rings. The molecular formula is C17H10F5N3O3S. The summed E-state index contributed by atoms with van der Waals surface area (Å²) in [6, 6.07) is 7.26. The van der Waals surface area contributed by atoms with Crippen molar-refractivity contribution in [1.82, 2.24) is 10.1 Å². The lowest BCUT2D eigenvalue weighted by Crippen LogP contribution is -2.06. The number of carbonyl (C=O) groups excluding carboxylic acids is 1. The lowest BCUT2D eigenvalue weighted by Gasteiger charge is -2.05. The van der Waals surface area contributed by atoms with Crippen LogP contribution in [0.2, 0.25) is 0 Å². The van der Waals surface area contributed by atoms with Gasteiger partial charge in [0.05, 0.1) is 15.3 Å². The number of alkyl halides is 3. The highest BCUT2D eigenvalue weighted by molar-refractivity contribution is 7.93. The lowest BCUT2D eigenvalue weighted by molar-refractivity contribution is -0.159. The van der Waals surface area contributed by atoms with Crippen molar-refractivity contribution in [3.8, 4) is 11.4 Å². The summed E-state index contributed by atoms with van der Waals surface area (Å²) in [7, 11) is -3.33. The number of hydrogen-bond acceptors (Lipinski definition) is 5. The Kier molecular flexibility index (Phi) is 5.22. The maximum absolute atomic E-state index is 13.7. The monoisotopic (exact) mass is 431 g/mol. The molecule has 1 amide bonds. The standard InChI is InChI=1S/C17H10F5N3O3S/c1-29(27,25-15(26)12-7-4-10(18)8-13(12)19)11-5-2-9(3-6-11)14-23-16(28-24-14)17(20,21)22/h2-8H,1H3. The average Bonchev–Trinajstić information content (AvgIpc) is 3.12. The summed E-state index contributed by atoms with van der Waals surface area (Å²) in [6.45, 7) is 0. The lowest BCUT2D eigenvalue weighted by atomic mass is 10.2. The van der Waals surface area contributed by atoms with Crippen LogP contribution in [0.15, 0.2) is 56.2 Å². The predicted molar refractivity (Wildman–Crippen MR) is 90.2 cm³/mol. The molecule has 1 aromatic heterocycles. The van der Waals surface area contributed by atoms with E-state index in [0.717, 1.165) is 18.4 Å². The molecule has 0 radical (unpaired) electrons. The normalized spacial score (nSPS) is 13.7. The van der Waals surface area contributed by atoms with Crippen LogP contribution in [0.5, 0.6) is 0 Å². The summed E-state index contributed by atoms with van der Waals surface area (Å²) < 4.78 is 84.6. The van der Waals surface area contributed by atoms with Gasteiger partial charge in [-0.15, -0.1) is 0 Å². The Balaban J connectivity index is 1.90. The number of rotatable bonds is 3. The molecule has 29 heavy (non-hydrogen) atoms. The van der Waals surface area contributed by atoms with Gasteiger partial charge in [0.1, 0.15) is 11.6 Å². The molecule has 1 heterocycles. The highest BCUT2D eigenvalue weighted by Gasteiger charge is 2.38. The summed E-state index contributed by atoms with van der Waals surface area (Å²) in [5, 5.41) is 3.22. The minimum absolute atomic E-state index is 0.0525. The summed E-state index contributed by atoms with van der Waals surface area (Å²) in [5.41, 5.74) is -0.414. The smallest absolute Gasteiger partial charge is 0.329 e. The Morgan fingerprint density at radius 3 is 2.31 bits per heavy atom. The Bertz CT molecular complexity index is 1200. The zero-order chi connectivity index (χ0) is 21.4. The van der Waals surface area contributed by atoms with Gasteiger partial charge in [0.2, 0.25) is 5.82 Å². The van der Waals surface area contributed by atoms with Crippen LogP contribution >= 0.6 is 0 Å². The van der Waals surface area contributed by atoms with Gasteiger partial charge in [-0.1, -0.05) is 5.16 Å². The highest BCUT2D eigenvalue weighted by atomic mass is 32.2. The quantitative estimate of drug-likeness (QED) is 0.577. The zero-order valence-electron chi connectivity index (χ0n) is 14.4. The Morgan fingerprint density at radius 1 is 1.10 bits per heavy atom. The first-order valence-electron chi connectivity index (χ1n) is 7.70. The topological polar surface area (TPSA) is 85.4 Å². The first-order chi connectivity index (χ1) is 13.5. The predicted octanol–water partition coefficient (Wildman–Crippen LogP) is 4.33. The van der Waals surface area contributed by atoms with E-state index in [1.54, 1.807) is 0 Å². The summed E-state index contributed by atoms with van der Waals surface area (Å²) in [6.07, 6.45) is -3.67. The van der Waals surface area contributed by atoms with Gasteiger partial charge < -0.3 is 4.52 Å². The van der Waals surface area contributed by atoms with Crippen LogP contribution in [-0.4, -0.2) is 26.5 Å². The van der Waals surface area contributed by atoms with Gasteiger partial charge in [0.15, 0.2) is 0 Å². The first-order valence-corrected chi connectivity index (χ1v) is 9.62. The van der Waals surface area contributed by atoms with Crippen LogP contribution in [0.4, 0.5) is 22.0 Å². The summed E-state index contributed by atoms with van der Waals surface area (Å²) in [5.74, 6) is -5.04. The second-order valence-electron chi connectivity index (χ2n) is 5.77. The van der Waals surface area contributed by atoms with E-state index in [2.05, 4.69) is 19.0 Å². The molecule has 0 aliphatic carbocycles. The molecule has 0 N–H and O–H groups in total. The largest absolute Gasteiger partial charge is 0.471 e. The molecule has 1 unspecified atom stereocenters. The fourth-order valence-corrected chi connectivity index (χ4v) is 3.40. The maximum Gasteiger partial charge on any atom is 0.471 e. The van der Waals surface area contributed by atoms with Crippen LogP contribution in [0, 0.1) is 11.6 Å². The maximum atomic E-state index is 13.7. The third kappa shape index (κ3) is 4.47. The number of carbonyl (C=O) groups is 1. The molecule has 12 heteroatoms.